The Balaban J connectivity index is 1.53. The summed E-state index contributed by atoms with van der Waals surface area (Å²) >= 11 is 6.10. The van der Waals surface area contributed by atoms with Crippen LogP contribution < -0.4 is 10.6 Å². The minimum atomic E-state index is -0.519. The van der Waals surface area contributed by atoms with Gasteiger partial charge in [0.1, 0.15) is 5.65 Å². The molecule has 1 unspecified atom stereocenters. The molecule has 1 fully saturated rings. The van der Waals surface area contributed by atoms with Gasteiger partial charge in [0.05, 0.1) is 11.2 Å². The van der Waals surface area contributed by atoms with Crippen LogP contribution in [0.15, 0.2) is 24.7 Å². The number of urea groups is 1. The van der Waals surface area contributed by atoms with Crippen molar-refractivity contribution in [3.63, 3.8) is 0 Å². The number of hydrogen-bond acceptors (Lipinski definition) is 5. The molecule has 0 aromatic carbocycles. The SMILES string of the molecule is CCN(CC)C(=O)N[C@]1(C)CCCC(Nc2nc(-c3c[nH]c4ncc(Cl)cc34)ncc2F)C1. The van der Waals surface area contributed by atoms with Crippen LogP contribution in [0.3, 0.4) is 0 Å². The molecule has 1 aliphatic carbocycles. The predicted molar refractivity (Wildman–Crippen MR) is 128 cm³/mol. The molecule has 176 valence electrons. The van der Waals surface area contributed by atoms with Crippen LogP contribution in [0.1, 0.15) is 46.5 Å². The maximum absolute atomic E-state index is 14.6. The number of nitrogens with one attached hydrogen (secondary N) is 3. The smallest absolute Gasteiger partial charge is 0.317 e. The number of halogens is 2. The highest BCUT2D eigenvalue weighted by Gasteiger charge is 2.35. The van der Waals surface area contributed by atoms with Crippen molar-refractivity contribution in [2.45, 2.75) is 58.0 Å². The molecule has 10 heteroatoms. The Morgan fingerprint density at radius 2 is 2.12 bits per heavy atom. The normalized spacial score (nSPS) is 20.6. The predicted octanol–water partition coefficient (Wildman–Crippen LogP) is 4.98. The van der Waals surface area contributed by atoms with E-state index in [0.29, 0.717) is 41.6 Å². The quantitative estimate of drug-likeness (QED) is 0.469. The number of fused-ring (bicyclic) bond motifs is 1. The van der Waals surface area contributed by atoms with Crippen molar-refractivity contribution in [2.24, 2.45) is 0 Å². The standard InChI is InChI=1S/C23H29ClFN7O/c1-4-32(5-2)22(33)31-23(3)8-6-7-15(10-23)29-21-18(25)13-28-20(30-21)17-12-27-19-16(17)9-14(24)11-26-19/h9,11-13,15H,4-8,10H2,1-3H3,(H,26,27)(H,31,33)(H,28,29,30)/t15?,23-/m1/s1. The number of nitrogens with zero attached hydrogens (tertiary/aromatic N) is 4. The average molecular weight is 474 g/mol. The molecule has 4 rings (SSSR count). The van der Waals surface area contributed by atoms with Crippen LogP contribution in [0, 0.1) is 5.82 Å². The second-order valence-corrected chi connectivity index (χ2v) is 9.18. The molecule has 33 heavy (non-hydrogen) atoms. The zero-order valence-electron chi connectivity index (χ0n) is 19.1. The summed E-state index contributed by atoms with van der Waals surface area (Å²) < 4.78 is 14.6. The second kappa shape index (κ2) is 9.51. The molecule has 0 saturated heterocycles. The number of aromatic nitrogens is 4. The van der Waals surface area contributed by atoms with E-state index in [4.69, 9.17) is 11.6 Å². The Kier molecular flexibility index (Phi) is 6.69. The zero-order valence-corrected chi connectivity index (χ0v) is 19.8. The van der Waals surface area contributed by atoms with Gasteiger partial charge in [0.15, 0.2) is 17.5 Å². The lowest BCUT2D eigenvalue weighted by Gasteiger charge is -2.40. The minimum Gasteiger partial charge on any atom is -0.365 e. The summed E-state index contributed by atoms with van der Waals surface area (Å²) in [5.74, 6) is 0.00508. The Morgan fingerprint density at radius 3 is 2.88 bits per heavy atom. The van der Waals surface area contributed by atoms with Crippen LogP contribution in [0.5, 0.6) is 0 Å². The van der Waals surface area contributed by atoms with Crippen LogP contribution in [0.25, 0.3) is 22.4 Å². The zero-order chi connectivity index (χ0) is 23.6. The molecule has 3 aromatic rings. The number of anilines is 1. The van der Waals surface area contributed by atoms with Gasteiger partial charge in [-0.2, -0.15) is 0 Å². The highest BCUT2D eigenvalue weighted by atomic mass is 35.5. The molecular weight excluding hydrogens is 445 g/mol. The van der Waals surface area contributed by atoms with Gasteiger partial charge in [-0.05, 0) is 52.5 Å². The number of aromatic amines is 1. The van der Waals surface area contributed by atoms with E-state index in [1.165, 1.54) is 6.20 Å². The van der Waals surface area contributed by atoms with Gasteiger partial charge in [-0.3, -0.25) is 0 Å². The molecule has 3 heterocycles. The molecule has 2 atom stereocenters. The van der Waals surface area contributed by atoms with Crippen molar-refractivity contribution in [1.29, 1.82) is 0 Å². The molecule has 1 aliphatic rings. The van der Waals surface area contributed by atoms with Crippen molar-refractivity contribution < 1.29 is 9.18 Å². The first kappa shape index (κ1) is 23.2. The van der Waals surface area contributed by atoms with E-state index in [0.717, 1.165) is 24.6 Å². The molecule has 0 bridgehead atoms. The van der Waals surface area contributed by atoms with Crippen molar-refractivity contribution >= 4 is 34.5 Å². The van der Waals surface area contributed by atoms with Gasteiger partial charge < -0.3 is 20.5 Å². The maximum Gasteiger partial charge on any atom is 0.317 e. The highest BCUT2D eigenvalue weighted by molar-refractivity contribution is 6.31. The lowest BCUT2D eigenvalue weighted by atomic mass is 9.80. The molecule has 1 saturated carbocycles. The lowest BCUT2D eigenvalue weighted by molar-refractivity contribution is 0.175. The molecule has 0 aliphatic heterocycles. The monoisotopic (exact) mass is 473 g/mol. The van der Waals surface area contributed by atoms with E-state index >= 15 is 0 Å². The fourth-order valence-corrected chi connectivity index (χ4v) is 4.68. The Morgan fingerprint density at radius 1 is 1.33 bits per heavy atom. The Bertz CT molecular complexity index is 1150. The third-order valence-corrected chi connectivity index (χ3v) is 6.47. The van der Waals surface area contributed by atoms with E-state index in [1.807, 2.05) is 20.8 Å². The number of pyridine rings is 1. The fraction of sp³-hybridized carbons (Fsp3) is 0.478. The van der Waals surface area contributed by atoms with Gasteiger partial charge in [0.25, 0.3) is 0 Å². The number of carbonyl (C=O) groups excluding carboxylic acids is 1. The average Bonchev–Trinajstić information content (AvgIpc) is 3.19. The third-order valence-electron chi connectivity index (χ3n) is 6.26. The van der Waals surface area contributed by atoms with Crippen LogP contribution in [-0.4, -0.2) is 55.5 Å². The van der Waals surface area contributed by atoms with Gasteiger partial charge in [-0.25, -0.2) is 24.1 Å². The van der Waals surface area contributed by atoms with E-state index < -0.39 is 5.82 Å². The van der Waals surface area contributed by atoms with Gasteiger partial charge in [-0.15, -0.1) is 0 Å². The van der Waals surface area contributed by atoms with Crippen LogP contribution in [0.2, 0.25) is 5.02 Å². The lowest BCUT2D eigenvalue weighted by Crippen LogP contribution is -2.55. The maximum atomic E-state index is 14.6. The van der Waals surface area contributed by atoms with E-state index in [1.54, 1.807) is 23.4 Å². The first-order chi connectivity index (χ1) is 15.8. The Hall–Kier alpha value is -2.94. The van der Waals surface area contributed by atoms with E-state index in [9.17, 15) is 9.18 Å². The van der Waals surface area contributed by atoms with Crippen molar-refractivity contribution in [3.8, 4) is 11.4 Å². The van der Waals surface area contributed by atoms with Crippen LogP contribution >= 0.6 is 11.6 Å². The molecule has 3 N–H and O–H groups in total. The molecule has 8 nitrogen and oxygen atoms in total. The number of carbonyl (C=O) groups is 1. The summed E-state index contributed by atoms with van der Waals surface area (Å²) in [6.45, 7) is 7.29. The van der Waals surface area contributed by atoms with Gasteiger partial charge in [0.2, 0.25) is 0 Å². The number of hydrogen-bond donors (Lipinski definition) is 3. The summed E-state index contributed by atoms with van der Waals surface area (Å²) in [6.07, 6.45) is 7.80. The van der Waals surface area contributed by atoms with Gasteiger partial charge in [-0.1, -0.05) is 11.6 Å². The van der Waals surface area contributed by atoms with Crippen molar-refractivity contribution in [3.05, 3.63) is 35.5 Å². The third kappa shape index (κ3) is 5.03. The Labute approximate surface area is 197 Å². The largest absolute Gasteiger partial charge is 0.365 e. The van der Waals surface area contributed by atoms with Crippen molar-refractivity contribution in [2.75, 3.05) is 18.4 Å². The summed E-state index contributed by atoms with van der Waals surface area (Å²) in [7, 11) is 0. The van der Waals surface area contributed by atoms with E-state index in [2.05, 4.69) is 30.6 Å². The molecule has 0 radical (unpaired) electrons. The topological polar surface area (TPSA) is 98.8 Å². The molecule has 3 aromatic heterocycles. The van der Waals surface area contributed by atoms with Crippen LogP contribution in [0.4, 0.5) is 15.0 Å². The number of rotatable bonds is 6. The summed E-state index contributed by atoms with van der Waals surface area (Å²) in [4.78, 5) is 30.3. The summed E-state index contributed by atoms with van der Waals surface area (Å²) in [5, 5.41) is 7.70. The fourth-order valence-electron chi connectivity index (χ4n) is 4.53. The summed E-state index contributed by atoms with van der Waals surface area (Å²) in [6, 6.07) is 1.68. The van der Waals surface area contributed by atoms with Gasteiger partial charge in [0, 0.05) is 48.0 Å². The first-order valence-electron chi connectivity index (χ1n) is 11.3. The molecular formula is C23H29ClFN7O. The van der Waals surface area contributed by atoms with E-state index in [-0.39, 0.29) is 23.4 Å². The molecule has 2 amide bonds. The minimum absolute atomic E-state index is 0.0305. The first-order valence-corrected chi connectivity index (χ1v) is 11.7. The number of amides is 2. The highest BCUT2D eigenvalue weighted by Crippen LogP contribution is 2.32. The van der Waals surface area contributed by atoms with Gasteiger partial charge >= 0.3 is 6.03 Å². The summed E-state index contributed by atoms with van der Waals surface area (Å²) in [5.41, 5.74) is 0.980. The second-order valence-electron chi connectivity index (χ2n) is 8.74. The van der Waals surface area contributed by atoms with Crippen LogP contribution in [-0.2, 0) is 0 Å². The number of H-pyrrole nitrogens is 1. The molecule has 0 spiro atoms. The van der Waals surface area contributed by atoms with Crippen molar-refractivity contribution in [1.82, 2.24) is 30.2 Å².